The van der Waals surface area contributed by atoms with Crippen LogP contribution in [-0.4, -0.2) is 18.7 Å². The Balaban J connectivity index is 1.54. The minimum Gasteiger partial charge on any atom is -0.455 e. The summed E-state index contributed by atoms with van der Waals surface area (Å²) in [5, 5.41) is 7.91. The molecule has 2 N–H and O–H groups in total. The summed E-state index contributed by atoms with van der Waals surface area (Å²) in [7, 11) is 0. The fraction of sp³-hybridized carbons (Fsp3) is 0.100. The van der Waals surface area contributed by atoms with E-state index in [1.807, 2.05) is 37.3 Å². The molecule has 0 aliphatic carbocycles. The predicted octanol–water partition coefficient (Wildman–Crippen LogP) is 5.12. The Kier molecular flexibility index (Phi) is 6.16. The molecule has 0 aliphatic rings. The average molecular weight is 402 g/mol. The highest BCUT2D eigenvalue weighted by molar-refractivity contribution is 6.42. The second-order valence-corrected chi connectivity index (χ2v) is 6.61. The van der Waals surface area contributed by atoms with Crippen molar-refractivity contribution in [2.24, 2.45) is 5.10 Å². The highest BCUT2D eigenvalue weighted by Crippen LogP contribution is 2.29. The lowest BCUT2D eigenvalue weighted by Gasteiger charge is -2.07. The van der Waals surface area contributed by atoms with Crippen LogP contribution in [0.3, 0.4) is 0 Å². The van der Waals surface area contributed by atoms with Gasteiger partial charge in [-0.1, -0.05) is 41.4 Å². The van der Waals surface area contributed by atoms with Crippen LogP contribution in [0.4, 0.5) is 5.69 Å². The number of hydrogen-bond donors (Lipinski definition) is 2. The second kappa shape index (κ2) is 8.75. The summed E-state index contributed by atoms with van der Waals surface area (Å²) in [6, 6.07) is 16.5. The van der Waals surface area contributed by atoms with Crippen LogP contribution in [0.5, 0.6) is 0 Å². The van der Waals surface area contributed by atoms with E-state index < -0.39 is 0 Å². The average Bonchev–Trinajstić information content (AvgIpc) is 3.12. The molecule has 2 aromatic carbocycles. The number of amides is 1. The smallest absolute Gasteiger partial charge is 0.259 e. The van der Waals surface area contributed by atoms with Gasteiger partial charge in [0.1, 0.15) is 11.5 Å². The molecule has 3 aromatic rings. The van der Waals surface area contributed by atoms with Gasteiger partial charge in [0.05, 0.1) is 22.8 Å². The molecule has 0 aliphatic heterocycles. The highest BCUT2D eigenvalue weighted by atomic mass is 35.5. The van der Waals surface area contributed by atoms with Gasteiger partial charge in [-0.2, -0.15) is 5.10 Å². The predicted molar refractivity (Wildman–Crippen MR) is 110 cm³/mol. The second-order valence-electron chi connectivity index (χ2n) is 5.79. The Labute approximate surface area is 167 Å². The number of carbonyl (C=O) groups is 1. The number of rotatable bonds is 6. The molecule has 1 heterocycles. The van der Waals surface area contributed by atoms with Crippen LogP contribution in [-0.2, 0) is 4.79 Å². The van der Waals surface area contributed by atoms with Gasteiger partial charge in [0.15, 0.2) is 0 Å². The lowest BCUT2D eigenvalue weighted by molar-refractivity contribution is -0.119. The van der Waals surface area contributed by atoms with Gasteiger partial charge < -0.3 is 9.73 Å². The molecule has 0 bridgehead atoms. The number of aryl methyl sites for hydroxylation is 1. The van der Waals surface area contributed by atoms with E-state index in [0.29, 0.717) is 21.6 Å². The number of halogens is 2. The number of hydrogen-bond acceptors (Lipinski definition) is 4. The topological polar surface area (TPSA) is 66.6 Å². The fourth-order valence-corrected chi connectivity index (χ4v) is 2.68. The zero-order valence-electron chi connectivity index (χ0n) is 14.5. The summed E-state index contributed by atoms with van der Waals surface area (Å²) in [5.41, 5.74) is 5.24. The highest BCUT2D eigenvalue weighted by Gasteiger charge is 2.06. The molecule has 27 heavy (non-hydrogen) atoms. The number of hydrazone groups is 1. The fourth-order valence-electron chi connectivity index (χ4n) is 2.38. The Morgan fingerprint density at radius 3 is 2.70 bits per heavy atom. The molecule has 1 amide bonds. The van der Waals surface area contributed by atoms with Gasteiger partial charge >= 0.3 is 0 Å². The van der Waals surface area contributed by atoms with E-state index in [1.165, 1.54) is 6.21 Å². The normalized spacial score (nSPS) is 10.9. The molecule has 1 aromatic heterocycles. The molecule has 0 unspecified atom stereocenters. The quantitative estimate of drug-likeness (QED) is 0.444. The van der Waals surface area contributed by atoms with Crippen LogP contribution in [0.2, 0.25) is 10.0 Å². The Morgan fingerprint density at radius 2 is 1.93 bits per heavy atom. The lowest BCUT2D eigenvalue weighted by Crippen LogP contribution is -2.26. The van der Waals surface area contributed by atoms with Crippen LogP contribution < -0.4 is 10.7 Å². The van der Waals surface area contributed by atoms with Crippen molar-refractivity contribution >= 4 is 41.0 Å². The molecule has 0 atom stereocenters. The van der Waals surface area contributed by atoms with E-state index in [4.69, 9.17) is 27.6 Å². The summed E-state index contributed by atoms with van der Waals surface area (Å²) in [5.74, 6) is 0.872. The summed E-state index contributed by atoms with van der Waals surface area (Å²) in [6.45, 7) is 2.09. The minimum absolute atomic E-state index is 0.120. The van der Waals surface area contributed by atoms with E-state index in [1.54, 1.807) is 24.3 Å². The van der Waals surface area contributed by atoms with Crippen molar-refractivity contribution in [1.29, 1.82) is 0 Å². The van der Waals surface area contributed by atoms with Gasteiger partial charge in [-0.3, -0.25) is 4.79 Å². The van der Waals surface area contributed by atoms with Crippen molar-refractivity contribution in [1.82, 2.24) is 5.43 Å². The zero-order valence-corrected chi connectivity index (χ0v) is 16.0. The number of para-hydroxylation sites is 1. The van der Waals surface area contributed by atoms with E-state index in [0.717, 1.165) is 16.8 Å². The Hall–Kier alpha value is -2.76. The molecule has 3 rings (SSSR count). The van der Waals surface area contributed by atoms with E-state index in [9.17, 15) is 4.79 Å². The number of anilines is 1. The van der Waals surface area contributed by atoms with Crippen LogP contribution in [0.1, 0.15) is 11.3 Å². The van der Waals surface area contributed by atoms with Crippen molar-refractivity contribution in [3.63, 3.8) is 0 Å². The molecule has 138 valence electrons. The molecule has 7 heteroatoms. The Morgan fingerprint density at radius 1 is 1.11 bits per heavy atom. The first-order chi connectivity index (χ1) is 13.0. The van der Waals surface area contributed by atoms with Crippen LogP contribution in [0, 0.1) is 6.92 Å². The largest absolute Gasteiger partial charge is 0.455 e. The number of carbonyl (C=O) groups excluding carboxylic acids is 1. The van der Waals surface area contributed by atoms with Crippen molar-refractivity contribution in [3.8, 4) is 11.3 Å². The molecule has 0 saturated heterocycles. The SMILES string of the molecule is Cc1ccccc1NCC(=O)NN=Cc1ccc(-c2ccc(Cl)c(Cl)c2)o1. The number of benzene rings is 2. The van der Waals surface area contributed by atoms with Crippen LogP contribution in [0.15, 0.2) is 64.1 Å². The van der Waals surface area contributed by atoms with Crippen LogP contribution >= 0.6 is 23.2 Å². The van der Waals surface area contributed by atoms with Gasteiger partial charge in [-0.05, 0) is 48.9 Å². The first-order valence-corrected chi connectivity index (χ1v) is 8.95. The van der Waals surface area contributed by atoms with E-state index >= 15 is 0 Å². The molecule has 0 saturated carbocycles. The summed E-state index contributed by atoms with van der Waals surface area (Å²) in [6.07, 6.45) is 1.44. The summed E-state index contributed by atoms with van der Waals surface area (Å²) >= 11 is 11.9. The third-order valence-electron chi connectivity index (χ3n) is 3.80. The molecule has 5 nitrogen and oxygen atoms in total. The third-order valence-corrected chi connectivity index (χ3v) is 4.54. The summed E-state index contributed by atoms with van der Waals surface area (Å²) < 4.78 is 5.67. The van der Waals surface area contributed by atoms with Gasteiger partial charge in [0.2, 0.25) is 0 Å². The van der Waals surface area contributed by atoms with E-state index in [-0.39, 0.29) is 12.5 Å². The summed E-state index contributed by atoms with van der Waals surface area (Å²) in [4.78, 5) is 11.9. The third kappa shape index (κ3) is 5.12. The van der Waals surface area contributed by atoms with Crippen molar-refractivity contribution in [2.45, 2.75) is 6.92 Å². The maximum atomic E-state index is 11.9. The van der Waals surface area contributed by atoms with Crippen molar-refractivity contribution in [2.75, 3.05) is 11.9 Å². The standard InChI is InChI=1S/C20H17Cl2N3O2/c1-13-4-2-3-5-18(13)23-12-20(26)25-24-11-15-7-9-19(27-15)14-6-8-16(21)17(22)10-14/h2-11,23H,12H2,1H3,(H,25,26). The van der Waals surface area contributed by atoms with Crippen molar-refractivity contribution < 1.29 is 9.21 Å². The molecule has 0 fully saturated rings. The van der Waals surface area contributed by atoms with Gasteiger partial charge in [0, 0.05) is 11.3 Å². The van der Waals surface area contributed by atoms with Gasteiger partial charge in [-0.25, -0.2) is 5.43 Å². The molecule has 0 spiro atoms. The zero-order chi connectivity index (χ0) is 19.2. The monoisotopic (exact) mass is 401 g/mol. The molecular formula is C20H17Cl2N3O2. The maximum absolute atomic E-state index is 11.9. The number of furan rings is 1. The minimum atomic E-state index is -0.259. The molecule has 0 radical (unpaired) electrons. The number of nitrogens with one attached hydrogen (secondary N) is 2. The lowest BCUT2D eigenvalue weighted by atomic mass is 10.2. The first kappa shape index (κ1) is 19.0. The van der Waals surface area contributed by atoms with Crippen molar-refractivity contribution in [3.05, 3.63) is 76.0 Å². The van der Waals surface area contributed by atoms with E-state index in [2.05, 4.69) is 15.8 Å². The van der Waals surface area contributed by atoms with Gasteiger partial charge in [0.25, 0.3) is 5.91 Å². The van der Waals surface area contributed by atoms with Crippen LogP contribution in [0.25, 0.3) is 11.3 Å². The first-order valence-electron chi connectivity index (χ1n) is 8.19. The Bertz CT molecular complexity index is 983. The molecular weight excluding hydrogens is 385 g/mol. The maximum Gasteiger partial charge on any atom is 0.259 e. The number of nitrogens with zero attached hydrogens (tertiary/aromatic N) is 1. The van der Waals surface area contributed by atoms with Gasteiger partial charge in [-0.15, -0.1) is 0 Å².